The second-order valence-electron chi connectivity index (χ2n) is 6.99. The first kappa shape index (κ1) is 22.7. The van der Waals surface area contributed by atoms with E-state index >= 15 is 0 Å². The summed E-state index contributed by atoms with van der Waals surface area (Å²) in [6.07, 6.45) is 1.50. The minimum Gasteiger partial charge on any atom is -0.497 e. The fourth-order valence-electron chi connectivity index (χ4n) is 3.35. The summed E-state index contributed by atoms with van der Waals surface area (Å²) in [6, 6.07) is 15.3. The molecule has 0 spiro atoms. The molecule has 162 valence electrons. The first-order chi connectivity index (χ1) is 15.2. The third-order valence-corrected chi connectivity index (χ3v) is 5.23. The van der Waals surface area contributed by atoms with Gasteiger partial charge in [0, 0.05) is 28.8 Å². The van der Waals surface area contributed by atoms with Crippen LogP contribution in [0.5, 0.6) is 5.75 Å². The number of benzene rings is 2. The summed E-state index contributed by atoms with van der Waals surface area (Å²) in [4.78, 5) is 24.1. The molecule has 32 heavy (non-hydrogen) atoms. The molecule has 3 rings (SSSR count). The molecule has 0 atom stereocenters. The maximum atomic E-state index is 12.6. The van der Waals surface area contributed by atoms with Crippen molar-refractivity contribution in [2.45, 2.75) is 13.8 Å². The van der Waals surface area contributed by atoms with E-state index in [1.807, 2.05) is 30.6 Å². The summed E-state index contributed by atoms with van der Waals surface area (Å²) in [5, 5.41) is 21.7. The molecular formula is C24H20ClN3O4. The van der Waals surface area contributed by atoms with Crippen molar-refractivity contribution in [2.24, 2.45) is 0 Å². The molecule has 0 aliphatic rings. The van der Waals surface area contributed by atoms with Gasteiger partial charge in [0.25, 0.3) is 5.91 Å². The maximum Gasteiger partial charge on any atom is 0.337 e. The van der Waals surface area contributed by atoms with Gasteiger partial charge in [-0.15, -0.1) is 0 Å². The number of carbonyl (C=O) groups excluding carboxylic acids is 1. The number of carbonyl (C=O) groups is 2. The quantitative estimate of drug-likeness (QED) is 0.407. The number of nitriles is 1. The lowest BCUT2D eigenvalue weighted by atomic mass is 10.1. The van der Waals surface area contributed by atoms with E-state index in [1.165, 1.54) is 25.3 Å². The smallest absolute Gasteiger partial charge is 0.337 e. The van der Waals surface area contributed by atoms with Crippen LogP contribution in [0.15, 0.2) is 54.1 Å². The average Bonchev–Trinajstić information content (AvgIpc) is 3.05. The number of nitrogens with zero attached hydrogens (tertiary/aromatic N) is 2. The number of aromatic nitrogens is 1. The predicted octanol–water partition coefficient (Wildman–Crippen LogP) is 5.00. The van der Waals surface area contributed by atoms with E-state index in [0.29, 0.717) is 22.7 Å². The number of hydrogen-bond acceptors (Lipinski definition) is 4. The van der Waals surface area contributed by atoms with Crippen molar-refractivity contribution in [2.75, 3.05) is 12.4 Å². The van der Waals surface area contributed by atoms with Crippen molar-refractivity contribution < 1.29 is 19.4 Å². The first-order valence-electron chi connectivity index (χ1n) is 9.54. The number of anilines is 1. The molecule has 8 heteroatoms. The summed E-state index contributed by atoms with van der Waals surface area (Å²) in [7, 11) is 1.53. The average molecular weight is 450 g/mol. The van der Waals surface area contributed by atoms with E-state index in [1.54, 1.807) is 30.3 Å². The van der Waals surface area contributed by atoms with E-state index in [2.05, 4.69) is 5.32 Å². The second kappa shape index (κ2) is 9.41. The Morgan fingerprint density at radius 3 is 2.59 bits per heavy atom. The number of ether oxygens (including phenoxy) is 1. The van der Waals surface area contributed by atoms with Crippen LogP contribution in [0.3, 0.4) is 0 Å². The van der Waals surface area contributed by atoms with Gasteiger partial charge in [-0.1, -0.05) is 17.7 Å². The van der Waals surface area contributed by atoms with Crippen LogP contribution in [0, 0.1) is 25.2 Å². The number of amides is 1. The number of hydrogen-bond donors (Lipinski definition) is 2. The highest BCUT2D eigenvalue weighted by atomic mass is 35.5. The minimum absolute atomic E-state index is 0.0101. The van der Waals surface area contributed by atoms with Crippen LogP contribution in [0.25, 0.3) is 11.8 Å². The zero-order chi connectivity index (χ0) is 23.4. The van der Waals surface area contributed by atoms with Crippen LogP contribution in [0.1, 0.15) is 27.3 Å². The minimum atomic E-state index is -1.12. The summed E-state index contributed by atoms with van der Waals surface area (Å²) in [6.45, 7) is 3.67. The molecule has 1 aromatic heterocycles. The van der Waals surface area contributed by atoms with Gasteiger partial charge >= 0.3 is 5.97 Å². The number of halogens is 1. The largest absolute Gasteiger partial charge is 0.497 e. The SMILES string of the molecule is COc1cccc(NC(=O)/C(C#N)=C/c2cc(C)n(-c3ccc(Cl)c(C(=O)O)c3)c2C)c1. The fourth-order valence-corrected chi connectivity index (χ4v) is 3.55. The van der Waals surface area contributed by atoms with Crippen LogP contribution < -0.4 is 10.1 Å². The molecule has 1 amide bonds. The Morgan fingerprint density at radius 2 is 1.94 bits per heavy atom. The summed E-state index contributed by atoms with van der Waals surface area (Å²) in [5.41, 5.74) is 3.23. The molecule has 0 unspecified atom stereocenters. The van der Waals surface area contributed by atoms with Gasteiger partial charge in [0.05, 0.1) is 17.7 Å². The lowest BCUT2D eigenvalue weighted by Crippen LogP contribution is -2.13. The molecule has 0 fully saturated rings. The molecule has 0 aliphatic carbocycles. The Balaban J connectivity index is 1.96. The van der Waals surface area contributed by atoms with Crippen LogP contribution in [-0.2, 0) is 4.79 Å². The molecule has 2 N–H and O–H groups in total. The lowest BCUT2D eigenvalue weighted by molar-refractivity contribution is -0.112. The zero-order valence-corrected chi connectivity index (χ0v) is 18.4. The van der Waals surface area contributed by atoms with Gasteiger partial charge in [-0.3, -0.25) is 4.79 Å². The van der Waals surface area contributed by atoms with Gasteiger partial charge in [0.1, 0.15) is 17.4 Å². The standard InChI is InChI=1S/C24H20ClN3O4/c1-14-9-16(15(2)28(14)19-7-8-22(25)21(12-19)24(30)31)10-17(13-26)23(29)27-18-5-4-6-20(11-18)32-3/h4-12H,1-3H3,(H,27,29)(H,30,31)/b17-10+. The Bertz CT molecular complexity index is 1280. The molecule has 0 bridgehead atoms. The van der Waals surface area contributed by atoms with Crippen LogP contribution in [0.4, 0.5) is 5.69 Å². The van der Waals surface area contributed by atoms with E-state index in [4.69, 9.17) is 16.3 Å². The van der Waals surface area contributed by atoms with E-state index in [0.717, 1.165) is 11.4 Å². The first-order valence-corrected chi connectivity index (χ1v) is 9.92. The number of nitrogens with one attached hydrogen (secondary N) is 1. The highest BCUT2D eigenvalue weighted by Crippen LogP contribution is 2.26. The number of methoxy groups -OCH3 is 1. The van der Waals surface area contributed by atoms with Crippen molar-refractivity contribution in [1.29, 1.82) is 5.26 Å². The Hall–Kier alpha value is -4.02. The van der Waals surface area contributed by atoms with E-state index < -0.39 is 11.9 Å². The zero-order valence-electron chi connectivity index (χ0n) is 17.6. The van der Waals surface area contributed by atoms with Crippen LogP contribution in [0.2, 0.25) is 5.02 Å². The van der Waals surface area contributed by atoms with E-state index in [9.17, 15) is 20.0 Å². The predicted molar refractivity (Wildman–Crippen MR) is 122 cm³/mol. The molecular weight excluding hydrogens is 430 g/mol. The van der Waals surface area contributed by atoms with Gasteiger partial charge in [-0.2, -0.15) is 5.26 Å². The molecule has 2 aromatic carbocycles. The Labute approximate surface area is 190 Å². The van der Waals surface area contributed by atoms with Crippen molar-refractivity contribution >= 4 is 35.2 Å². The molecule has 0 saturated heterocycles. The molecule has 0 radical (unpaired) electrons. The summed E-state index contributed by atoms with van der Waals surface area (Å²) >= 11 is 5.98. The molecule has 1 heterocycles. The Kier molecular flexibility index (Phi) is 6.67. The number of carboxylic acids is 1. The molecule has 0 aliphatic heterocycles. The third kappa shape index (κ3) is 4.66. The van der Waals surface area contributed by atoms with Gasteiger partial charge in [-0.05, 0) is 61.9 Å². The second-order valence-corrected chi connectivity index (χ2v) is 7.39. The summed E-state index contributed by atoms with van der Waals surface area (Å²) in [5.74, 6) is -1.09. The van der Waals surface area contributed by atoms with E-state index in [-0.39, 0.29) is 16.2 Å². The number of aryl methyl sites for hydroxylation is 1. The highest BCUT2D eigenvalue weighted by Gasteiger charge is 2.16. The molecule has 7 nitrogen and oxygen atoms in total. The lowest BCUT2D eigenvalue weighted by Gasteiger charge is -2.11. The fraction of sp³-hybridized carbons (Fsp3) is 0.125. The van der Waals surface area contributed by atoms with Crippen LogP contribution in [-0.4, -0.2) is 28.7 Å². The van der Waals surface area contributed by atoms with Crippen molar-refractivity contribution in [3.63, 3.8) is 0 Å². The third-order valence-electron chi connectivity index (χ3n) is 4.90. The van der Waals surface area contributed by atoms with Crippen molar-refractivity contribution in [1.82, 2.24) is 4.57 Å². The van der Waals surface area contributed by atoms with Crippen molar-refractivity contribution in [3.05, 3.63) is 81.6 Å². The molecule has 0 saturated carbocycles. The van der Waals surface area contributed by atoms with Gasteiger partial charge < -0.3 is 19.7 Å². The maximum absolute atomic E-state index is 12.6. The summed E-state index contributed by atoms with van der Waals surface area (Å²) < 4.78 is 6.98. The van der Waals surface area contributed by atoms with Crippen LogP contribution >= 0.6 is 11.6 Å². The van der Waals surface area contributed by atoms with Gasteiger partial charge in [0.15, 0.2) is 0 Å². The monoisotopic (exact) mass is 449 g/mol. The topological polar surface area (TPSA) is 104 Å². The normalized spacial score (nSPS) is 11.0. The number of aromatic carboxylic acids is 1. The number of carboxylic acid groups (broad SMARTS) is 1. The Morgan fingerprint density at radius 1 is 1.19 bits per heavy atom. The van der Waals surface area contributed by atoms with Gasteiger partial charge in [0.2, 0.25) is 0 Å². The van der Waals surface area contributed by atoms with Gasteiger partial charge in [-0.25, -0.2) is 4.79 Å². The molecule has 3 aromatic rings. The highest BCUT2D eigenvalue weighted by molar-refractivity contribution is 6.33. The number of rotatable bonds is 6. The van der Waals surface area contributed by atoms with Crippen molar-refractivity contribution in [3.8, 4) is 17.5 Å².